The van der Waals surface area contributed by atoms with E-state index in [2.05, 4.69) is 15.3 Å². The number of nitrogens with one attached hydrogen (secondary N) is 1. The van der Waals surface area contributed by atoms with Gasteiger partial charge in [-0.25, -0.2) is 13.8 Å². The van der Waals surface area contributed by atoms with Crippen LogP contribution in [-0.2, 0) is 0 Å². The Morgan fingerprint density at radius 3 is 2.80 bits per heavy atom. The van der Waals surface area contributed by atoms with Gasteiger partial charge in [0.05, 0.1) is 13.2 Å². The van der Waals surface area contributed by atoms with Crippen LogP contribution in [0.5, 0.6) is 5.88 Å². The molecule has 1 heterocycles. The molecule has 0 spiro atoms. The highest BCUT2D eigenvalue weighted by molar-refractivity contribution is 5.38. The number of hydrogen-bond donors (Lipinski definition) is 1. The van der Waals surface area contributed by atoms with Gasteiger partial charge in [-0.3, -0.25) is 0 Å². The minimum absolute atomic E-state index is 0.353. The van der Waals surface area contributed by atoms with Gasteiger partial charge in [-0.2, -0.15) is 4.98 Å². The number of halogens is 2. The molecule has 1 rings (SSSR count). The molecular formula is C9H13F2N3O. The first-order valence-electron chi connectivity index (χ1n) is 4.62. The van der Waals surface area contributed by atoms with Gasteiger partial charge < -0.3 is 10.1 Å². The molecule has 0 radical (unpaired) electrons. The Hall–Kier alpha value is -1.46. The van der Waals surface area contributed by atoms with Crippen LogP contribution < -0.4 is 10.1 Å². The van der Waals surface area contributed by atoms with E-state index in [1.165, 1.54) is 6.07 Å². The van der Waals surface area contributed by atoms with E-state index in [9.17, 15) is 8.78 Å². The molecule has 0 saturated heterocycles. The molecule has 0 fully saturated rings. The van der Waals surface area contributed by atoms with Gasteiger partial charge in [0.1, 0.15) is 11.6 Å². The number of ether oxygens (including phenoxy) is 1. The second-order valence-electron chi connectivity index (χ2n) is 2.84. The Balaban J connectivity index is 2.70. The zero-order valence-corrected chi connectivity index (χ0v) is 8.63. The third-order valence-electron chi connectivity index (χ3n) is 1.54. The van der Waals surface area contributed by atoms with E-state index < -0.39 is 13.0 Å². The maximum absolute atomic E-state index is 11.9. The lowest BCUT2D eigenvalue weighted by atomic mass is 10.5. The quantitative estimate of drug-likeness (QED) is 0.817. The lowest BCUT2D eigenvalue weighted by Gasteiger charge is -2.08. The van der Waals surface area contributed by atoms with Crippen molar-refractivity contribution < 1.29 is 13.5 Å². The van der Waals surface area contributed by atoms with Crippen LogP contribution in [0.4, 0.5) is 14.6 Å². The molecule has 0 unspecified atom stereocenters. The van der Waals surface area contributed by atoms with E-state index in [0.717, 1.165) is 0 Å². The van der Waals surface area contributed by atoms with Crippen molar-refractivity contribution >= 4 is 5.82 Å². The highest BCUT2D eigenvalue weighted by Gasteiger charge is 2.05. The molecule has 4 nitrogen and oxygen atoms in total. The monoisotopic (exact) mass is 217 g/mol. The Morgan fingerprint density at radius 2 is 2.20 bits per heavy atom. The maximum Gasteiger partial charge on any atom is 0.255 e. The summed E-state index contributed by atoms with van der Waals surface area (Å²) in [7, 11) is 0. The second kappa shape index (κ2) is 5.43. The number of aryl methyl sites for hydroxylation is 1. The molecule has 6 heteroatoms. The van der Waals surface area contributed by atoms with Gasteiger partial charge >= 0.3 is 0 Å². The van der Waals surface area contributed by atoms with Gasteiger partial charge in [-0.1, -0.05) is 0 Å². The summed E-state index contributed by atoms with van der Waals surface area (Å²) in [6, 6.07) is 1.50. The number of rotatable bonds is 5. The van der Waals surface area contributed by atoms with Crippen molar-refractivity contribution in [2.24, 2.45) is 0 Å². The molecule has 15 heavy (non-hydrogen) atoms. The minimum Gasteiger partial charge on any atom is -0.478 e. The number of anilines is 1. The van der Waals surface area contributed by atoms with Gasteiger partial charge in [0.15, 0.2) is 0 Å². The van der Waals surface area contributed by atoms with E-state index in [1.54, 1.807) is 6.92 Å². The normalized spacial score (nSPS) is 10.5. The summed E-state index contributed by atoms with van der Waals surface area (Å²) in [6.07, 6.45) is -2.41. The van der Waals surface area contributed by atoms with Crippen molar-refractivity contribution in [2.45, 2.75) is 20.3 Å². The highest BCUT2D eigenvalue weighted by atomic mass is 19.3. The Bertz CT molecular complexity index is 320. The van der Waals surface area contributed by atoms with Gasteiger partial charge in [0.2, 0.25) is 5.88 Å². The van der Waals surface area contributed by atoms with E-state index in [-0.39, 0.29) is 0 Å². The summed E-state index contributed by atoms with van der Waals surface area (Å²) in [6.45, 7) is 3.55. The zero-order chi connectivity index (χ0) is 11.3. The fourth-order valence-electron chi connectivity index (χ4n) is 1.03. The van der Waals surface area contributed by atoms with Gasteiger partial charge in [-0.05, 0) is 13.8 Å². The molecule has 0 aromatic carbocycles. The van der Waals surface area contributed by atoms with Crippen molar-refractivity contribution in [1.82, 2.24) is 9.97 Å². The molecule has 1 N–H and O–H groups in total. The third kappa shape index (κ3) is 4.05. The standard InChI is InChI=1S/C9H13F2N3O/c1-3-15-9-4-8(12-5-7(10)11)13-6(2)14-9/h4,7H,3,5H2,1-2H3,(H,12,13,14). The summed E-state index contributed by atoms with van der Waals surface area (Å²) in [5.74, 6) is 1.23. The smallest absolute Gasteiger partial charge is 0.255 e. The Morgan fingerprint density at radius 1 is 1.47 bits per heavy atom. The minimum atomic E-state index is -2.41. The van der Waals surface area contributed by atoms with E-state index in [4.69, 9.17) is 4.74 Å². The summed E-state index contributed by atoms with van der Waals surface area (Å²) in [4.78, 5) is 7.94. The first kappa shape index (κ1) is 11.6. The number of aromatic nitrogens is 2. The first-order valence-corrected chi connectivity index (χ1v) is 4.62. The van der Waals surface area contributed by atoms with Gasteiger partial charge in [-0.15, -0.1) is 0 Å². The lowest BCUT2D eigenvalue weighted by molar-refractivity contribution is 0.163. The van der Waals surface area contributed by atoms with Gasteiger partial charge in [0, 0.05) is 6.07 Å². The Labute approximate surface area is 86.7 Å². The molecule has 0 aliphatic carbocycles. The van der Waals surface area contributed by atoms with Crippen LogP contribution in [0.1, 0.15) is 12.7 Å². The van der Waals surface area contributed by atoms with E-state index in [1.807, 2.05) is 6.92 Å². The van der Waals surface area contributed by atoms with Crippen LogP contribution in [-0.4, -0.2) is 29.5 Å². The molecule has 0 aliphatic rings. The molecule has 1 aromatic heterocycles. The summed E-state index contributed by atoms with van der Waals surface area (Å²) >= 11 is 0. The van der Waals surface area contributed by atoms with Crippen LogP contribution in [0.3, 0.4) is 0 Å². The van der Waals surface area contributed by atoms with Crippen molar-refractivity contribution in [3.05, 3.63) is 11.9 Å². The van der Waals surface area contributed by atoms with Crippen molar-refractivity contribution in [3.8, 4) is 5.88 Å². The SMILES string of the molecule is CCOc1cc(NCC(F)F)nc(C)n1. The fourth-order valence-corrected chi connectivity index (χ4v) is 1.03. The summed E-state index contributed by atoms with van der Waals surface area (Å²) < 4.78 is 29.0. The maximum atomic E-state index is 11.9. The van der Waals surface area contributed by atoms with E-state index in [0.29, 0.717) is 24.1 Å². The highest BCUT2D eigenvalue weighted by Crippen LogP contribution is 2.13. The van der Waals surface area contributed by atoms with Gasteiger partial charge in [0.25, 0.3) is 6.43 Å². The van der Waals surface area contributed by atoms with Crippen LogP contribution >= 0.6 is 0 Å². The third-order valence-corrected chi connectivity index (χ3v) is 1.54. The second-order valence-corrected chi connectivity index (χ2v) is 2.84. The number of hydrogen-bond acceptors (Lipinski definition) is 4. The molecule has 0 bridgehead atoms. The van der Waals surface area contributed by atoms with Crippen molar-refractivity contribution in [1.29, 1.82) is 0 Å². The molecule has 0 atom stereocenters. The molecule has 0 aliphatic heterocycles. The molecule has 1 aromatic rings. The summed E-state index contributed by atoms with van der Waals surface area (Å²) in [5, 5.41) is 2.50. The molecular weight excluding hydrogens is 204 g/mol. The zero-order valence-electron chi connectivity index (χ0n) is 8.63. The first-order chi connectivity index (χ1) is 7.11. The average molecular weight is 217 g/mol. The van der Waals surface area contributed by atoms with Crippen LogP contribution in [0.25, 0.3) is 0 Å². The predicted molar refractivity (Wildman–Crippen MR) is 52.4 cm³/mol. The topological polar surface area (TPSA) is 47.0 Å². The fraction of sp³-hybridized carbons (Fsp3) is 0.556. The average Bonchev–Trinajstić information content (AvgIpc) is 2.14. The number of nitrogens with zero attached hydrogens (tertiary/aromatic N) is 2. The molecule has 0 saturated carbocycles. The summed E-state index contributed by atoms with van der Waals surface area (Å²) in [5.41, 5.74) is 0. The molecule has 0 amide bonds. The number of alkyl halides is 2. The van der Waals surface area contributed by atoms with Crippen LogP contribution in [0.2, 0.25) is 0 Å². The Kier molecular flexibility index (Phi) is 4.20. The predicted octanol–water partition coefficient (Wildman–Crippen LogP) is 1.86. The lowest BCUT2D eigenvalue weighted by Crippen LogP contribution is -2.12. The molecule has 84 valence electrons. The van der Waals surface area contributed by atoms with Crippen molar-refractivity contribution in [3.63, 3.8) is 0 Å². The van der Waals surface area contributed by atoms with Crippen LogP contribution in [0, 0.1) is 6.92 Å². The van der Waals surface area contributed by atoms with E-state index >= 15 is 0 Å². The van der Waals surface area contributed by atoms with Crippen molar-refractivity contribution in [2.75, 3.05) is 18.5 Å². The van der Waals surface area contributed by atoms with Crippen LogP contribution in [0.15, 0.2) is 6.07 Å². The largest absolute Gasteiger partial charge is 0.478 e.